The molecule has 1 aliphatic heterocycles. The van der Waals surface area contributed by atoms with Crippen LogP contribution in [0.3, 0.4) is 0 Å². The number of aryl methyl sites for hydroxylation is 1. The number of hydrogen-bond acceptors (Lipinski definition) is 2. The predicted octanol–water partition coefficient (Wildman–Crippen LogP) is 4.59. The standard InChI is InChI=1S/C22H28FN3O.HI/c1-16-10-11-17(13-20(16)23)14-25-22(24-2)26-15-19-9-6-12-27-21(19)18-7-4-3-5-8-18;/h3-5,7-8,10-11,13,19,21H,6,9,12,14-15H2,1-2H3,(H2,24,25,26);1H. The molecule has 28 heavy (non-hydrogen) atoms. The number of nitrogens with one attached hydrogen (secondary N) is 2. The van der Waals surface area contributed by atoms with Crippen LogP contribution >= 0.6 is 24.0 Å². The molecule has 3 rings (SSSR count). The number of guanidine groups is 1. The highest BCUT2D eigenvalue weighted by Gasteiger charge is 2.27. The maximum absolute atomic E-state index is 13.7. The third-order valence-electron chi connectivity index (χ3n) is 5.02. The van der Waals surface area contributed by atoms with Gasteiger partial charge in [0.05, 0.1) is 6.10 Å². The first-order chi connectivity index (χ1) is 13.2. The Morgan fingerprint density at radius 3 is 2.68 bits per heavy atom. The quantitative estimate of drug-likeness (QED) is 0.361. The van der Waals surface area contributed by atoms with Crippen LogP contribution in [0.1, 0.15) is 35.6 Å². The molecule has 0 spiro atoms. The summed E-state index contributed by atoms with van der Waals surface area (Å²) in [6.45, 7) is 3.88. The van der Waals surface area contributed by atoms with Gasteiger partial charge in [-0.05, 0) is 42.5 Å². The van der Waals surface area contributed by atoms with Crippen LogP contribution in [0.25, 0.3) is 0 Å². The highest BCUT2D eigenvalue weighted by atomic mass is 127. The summed E-state index contributed by atoms with van der Waals surface area (Å²) in [5, 5.41) is 6.66. The fraction of sp³-hybridized carbons (Fsp3) is 0.409. The van der Waals surface area contributed by atoms with Gasteiger partial charge in [-0.15, -0.1) is 24.0 Å². The van der Waals surface area contributed by atoms with Gasteiger partial charge < -0.3 is 15.4 Å². The number of aliphatic imine (C=N–C) groups is 1. The maximum atomic E-state index is 13.7. The van der Waals surface area contributed by atoms with Crippen LogP contribution in [0, 0.1) is 18.7 Å². The summed E-state index contributed by atoms with van der Waals surface area (Å²) < 4.78 is 19.7. The molecule has 152 valence electrons. The summed E-state index contributed by atoms with van der Waals surface area (Å²) in [4.78, 5) is 4.29. The predicted molar refractivity (Wildman–Crippen MR) is 123 cm³/mol. The van der Waals surface area contributed by atoms with Crippen molar-refractivity contribution < 1.29 is 9.13 Å². The van der Waals surface area contributed by atoms with Crippen molar-refractivity contribution in [2.24, 2.45) is 10.9 Å². The molecule has 1 heterocycles. The van der Waals surface area contributed by atoms with E-state index in [1.165, 1.54) is 5.56 Å². The molecule has 2 atom stereocenters. The third-order valence-corrected chi connectivity index (χ3v) is 5.02. The fourth-order valence-electron chi connectivity index (χ4n) is 3.44. The molecule has 0 saturated carbocycles. The number of nitrogens with zero attached hydrogens (tertiary/aromatic N) is 1. The van der Waals surface area contributed by atoms with Crippen LogP contribution in [-0.4, -0.2) is 26.2 Å². The smallest absolute Gasteiger partial charge is 0.191 e. The lowest BCUT2D eigenvalue weighted by molar-refractivity contribution is -0.0265. The zero-order valence-corrected chi connectivity index (χ0v) is 18.8. The van der Waals surface area contributed by atoms with Crippen molar-refractivity contribution >= 4 is 29.9 Å². The minimum absolute atomic E-state index is 0. The number of rotatable bonds is 5. The Labute approximate surface area is 184 Å². The van der Waals surface area contributed by atoms with E-state index in [2.05, 4.69) is 39.9 Å². The molecule has 0 aliphatic carbocycles. The number of benzene rings is 2. The molecule has 2 aromatic carbocycles. The van der Waals surface area contributed by atoms with E-state index in [4.69, 9.17) is 4.74 Å². The molecule has 0 aromatic heterocycles. The van der Waals surface area contributed by atoms with Gasteiger partial charge >= 0.3 is 0 Å². The monoisotopic (exact) mass is 497 g/mol. The molecule has 0 bridgehead atoms. The van der Waals surface area contributed by atoms with Gasteiger partial charge in [-0.2, -0.15) is 0 Å². The second-order valence-electron chi connectivity index (χ2n) is 6.99. The maximum Gasteiger partial charge on any atom is 0.191 e. The summed E-state index contributed by atoms with van der Waals surface area (Å²) in [5.41, 5.74) is 2.77. The molecule has 2 N–H and O–H groups in total. The van der Waals surface area contributed by atoms with Crippen molar-refractivity contribution in [3.8, 4) is 0 Å². The van der Waals surface area contributed by atoms with Gasteiger partial charge in [0.1, 0.15) is 5.82 Å². The van der Waals surface area contributed by atoms with E-state index in [0.29, 0.717) is 24.0 Å². The minimum Gasteiger partial charge on any atom is -0.373 e. The molecular weight excluding hydrogens is 468 g/mol. The van der Waals surface area contributed by atoms with E-state index < -0.39 is 0 Å². The summed E-state index contributed by atoms with van der Waals surface area (Å²) in [7, 11) is 1.75. The van der Waals surface area contributed by atoms with Crippen molar-refractivity contribution in [1.29, 1.82) is 0 Å². The Hall–Kier alpha value is -1.67. The lowest BCUT2D eigenvalue weighted by Crippen LogP contribution is -2.41. The van der Waals surface area contributed by atoms with Crippen molar-refractivity contribution in [3.63, 3.8) is 0 Å². The van der Waals surface area contributed by atoms with E-state index in [0.717, 1.165) is 31.6 Å². The van der Waals surface area contributed by atoms with Crippen molar-refractivity contribution in [2.75, 3.05) is 20.2 Å². The second-order valence-corrected chi connectivity index (χ2v) is 6.99. The number of ether oxygens (including phenoxy) is 1. The van der Waals surface area contributed by atoms with Crippen LogP contribution in [0.4, 0.5) is 4.39 Å². The zero-order chi connectivity index (χ0) is 19.1. The van der Waals surface area contributed by atoms with E-state index >= 15 is 0 Å². The van der Waals surface area contributed by atoms with E-state index in [1.54, 1.807) is 26.1 Å². The number of halogens is 2. The topological polar surface area (TPSA) is 45.7 Å². The minimum atomic E-state index is -0.178. The third kappa shape index (κ3) is 6.17. The molecule has 6 heteroatoms. The summed E-state index contributed by atoms with van der Waals surface area (Å²) in [5.74, 6) is 0.923. The molecule has 2 aromatic rings. The molecule has 0 amide bonds. The number of hydrogen-bond donors (Lipinski definition) is 2. The van der Waals surface area contributed by atoms with Crippen molar-refractivity contribution in [3.05, 3.63) is 71.0 Å². The van der Waals surface area contributed by atoms with Gasteiger partial charge in [0, 0.05) is 32.7 Å². The van der Waals surface area contributed by atoms with Crippen LogP contribution < -0.4 is 10.6 Å². The Morgan fingerprint density at radius 2 is 1.96 bits per heavy atom. The largest absolute Gasteiger partial charge is 0.373 e. The molecule has 2 unspecified atom stereocenters. The van der Waals surface area contributed by atoms with Gasteiger partial charge in [0.15, 0.2) is 5.96 Å². The van der Waals surface area contributed by atoms with Crippen molar-refractivity contribution in [2.45, 2.75) is 32.4 Å². The fourth-order valence-corrected chi connectivity index (χ4v) is 3.44. The molecule has 4 nitrogen and oxygen atoms in total. The Bertz CT molecular complexity index is 770. The van der Waals surface area contributed by atoms with Crippen LogP contribution in [0.15, 0.2) is 53.5 Å². The van der Waals surface area contributed by atoms with Crippen LogP contribution in [-0.2, 0) is 11.3 Å². The average molecular weight is 497 g/mol. The molecule has 1 saturated heterocycles. The lowest BCUT2D eigenvalue weighted by atomic mass is 9.89. The van der Waals surface area contributed by atoms with Crippen molar-refractivity contribution in [1.82, 2.24) is 10.6 Å². The van der Waals surface area contributed by atoms with Crippen LogP contribution in [0.2, 0.25) is 0 Å². The summed E-state index contributed by atoms with van der Waals surface area (Å²) in [6.07, 6.45) is 2.30. The van der Waals surface area contributed by atoms with E-state index in [1.807, 2.05) is 12.1 Å². The Balaban J connectivity index is 0.00000280. The summed E-state index contributed by atoms with van der Waals surface area (Å²) in [6, 6.07) is 15.7. The molecular formula is C22H29FIN3O. The van der Waals surface area contributed by atoms with Gasteiger partial charge in [-0.3, -0.25) is 4.99 Å². The zero-order valence-electron chi connectivity index (χ0n) is 16.5. The normalized spacial score (nSPS) is 19.6. The SMILES string of the molecule is CN=C(NCc1ccc(C)c(F)c1)NCC1CCCOC1c1ccccc1.I. The second kappa shape index (κ2) is 11.4. The van der Waals surface area contributed by atoms with Gasteiger partial charge in [0.2, 0.25) is 0 Å². The first-order valence-corrected chi connectivity index (χ1v) is 9.53. The van der Waals surface area contributed by atoms with Gasteiger partial charge in [0.25, 0.3) is 0 Å². The first-order valence-electron chi connectivity index (χ1n) is 9.53. The van der Waals surface area contributed by atoms with Gasteiger partial charge in [-0.25, -0.2) is 4.39 Å². The lowest BCUT2D eigenvalue weighted by Gasteiger charge is -2.32. The highest BCUT2D eigenvalue weighted by molar-refractivity contribution is 14.0. The summed E-state index contributed by atoms with van der Waals surface area (Å²) >= 11 is 0. The highest BCUT2D eigenvalue weighted by Crippen LogP contribution is 2.33. The molecule has 0 radical (unpaired) electrons. The van der Waals surface area contributed by atoms with E-state index in [-0.39, 0.29) is 35.9 Å². The first kappa shape index (κ1) is 22.6. The Kier molecular flexibility index (Phi) is 9.18. The van der Waals surface area contributed by atoms with Gasteiger partial charge in [-0.1, -0.05) is 42.5 Å². The van der Waals surface area contributed by atoms with E-state index in [9.17, 15) is 4.39 Å². The molecule has 1 aliphatic rings. The molecule has 1 fully saturated rings. The Morgan fingerprint density at radius 1 is 1.18 bits per heavy atom. The van der Waals surface area contributed by atoms with Crippen LogP contribution in [0.5, 0.6) is 0 Å². The average Bonchev–Trinajstić information content (AvgIpc) is 2.71.